The summed E-state index contributed by atoms with van der Waals surface area (Å²) in [5, 5.41) is 8.23. The van der Waals surface area contributed by atoms with E-state index in [4.69, 9.17) is 12.2 Å². The molecule has 1 fully saturated rings. The zero-order valence-electron chi connectivity index (χ0n) is 9.45. The van der Waals surface area contributed by atoms with Crippen LogP contribution >= 0.6 is 12.2 Å². The highest BCUT2D eigenvalue weighted by Crippen LogP contribution is 1.99. The van der Waals surface area contributed by atoms with Crippen molar-refractivity contribution in [3.63, 3.8) is 0 Å². The fourth-order valence-electron chi connectivity index (χ4n) is 1.49. The first-order chi connectivity index (χ1) is 8.66. The highest BCUT2D eigenvalue weighted by atomic mass is 32.1. The summed E-state index contributed by atoms with van der Waals surface area (Å²) in [6.45, 7) is 0.447. The van der Waals surface area contributed by atoms with Gasteiger partial charge in [-0.1, -0.05) is 6.08 Å². The monoisotopic (exact) mass is 264 g/mol. The van der Waals surface area contributed by atoms with Crippen molar-refractivity contribution in [2.45, 2.75) is 6.42 Å². The first kappa shape index (κ1) is 12.3. The van der Waals surface area contributed by atoms with Crippen LogP contribution in [0.2, 0.25) is 0 Å². The van der Waals surface area contributed by atoms with E-state index in [0.29, 0.717) is 29.5 Å². The van der Waals surface area contributed by atoms with Gasteiger partial charge in [-0.25, -0.2) is 0 Å². The molecule has 1 saturated heterocycles. The van der Waals surface area contributed by atoms with Crippen LogP contribution in [0.4, 0.5) is 0 Å². The van der Waals surface area contributed by atoms with Crippen molar-refractivity contribution in [3.05, 3.63) is 35.8 Å². The Hall–Kier alpha value is -2.15. The van der Waals surface area contributed by atoms with E-state index in [1.54, 1.807) is 24.4 Å². The number of hydrogen-bond acceptors (Lipinski definition) is 3. The Morgan fingerprint density at radius 1 is 1.44 bits per heavy atom. The normalized spacial score (nSPS) is 16.6. The van der Waals surface area contributed by atoms with E-state index in [1.165, 1.54) is 0 Å². The fourth-order valence-corrected chi connectivity index (χ4v) is 1.70. The van der Waals surface area contributed by atoms with Crippen LogP contribution in [0, 0.1) is 0 Å². The molecule has 0 aliphatic carbocycles. The second-order valence-corrected chi connectivity index (χ2v) is 4.06. The smallest absolute Gasteiger partial charge is 0.273 e. The van der Waals surface area contributed by atoms with Gasteiger partial charge in [-0.05, 0) is 30.8 Å². The molecule has 2 rings (SSSR count). The van der Waals surface area contributed by atoms with E-state index >= 15 is 0 Å². The fraction of sp³-hybridized carbons (Fsp3) is 0.182. The molecule has 6 nitrogen and oxygen atoms in total. The second kappa shape index (κ2) is 5.46. The molecule has 0 unspecified atom stereocenters. The third-order valence-electron chi connectivity index (χ3n) is 2.34. The minimum atomic E-state index is -0.240. The molecule has 1 aromatic rings. The van der Waals surface area contributed by atoms with Crippen LogP contribution in [0.5, 0.6) is 0 Å². The minimum Gasteiger partial charge on any atom is -0.357 e. The van der Waals surface area contributed by atoms with Crippen molar-refractivity contribution in [1.82, 2.24) is 20.9 Å². The predicted molar refractivity (Wildman–Crippen MR) is 69.7 cm³/mol. The molecule has 0 bridgehead atoms. The second-order valence-electron chi connectivity index (χ2n) is 3.65. The summed E-state index contributed by atoms with van der Waals surface area (Å²) >= 11 is 4.79. The quantitative estimate of drug-likeness (QED) is 0.351. The third-order valence-corrected chi connectivity index (χ3v) is 2.54. The van der Waals surface area contributed by atoms with E-state index < -0.39 is 0 Å². The van der Waals surface area contributed by atoms with Gasteiger partial charge in [0.15, 0.2) is 5.11 Å². The van der Waals surface area contributed by atoms with E-state index in [2.05, 4.69) is 20.9 Å². The molecule has 0 radical (unpaired) electrons. The highest BCUT2D eigenvalue weighted by molar-refractivity contribution is 7.80. The highest BCUT2D eigenvalue weighted by Gasteiger charge is 2.19. The largest absolute Gasteiger partial charge is 0.357 e. The number of amides is 2. The summed E-state index contributed by atoms with van der Waals surface area (Å²) < 4.78 is 0. The molecule has 94 valence electrons. The Morgan fingerprint density at radius 2 is 2.28 bits per heavy atom. The molecule has 1 aliphatic heterocycles. The molecule has 18 heavy (non-hydrogen) atoms. The van der Waals surface area contributed by atoms with Gasteiger partial charge in [0, 0.05) is 12.7 Å². The van der Waals surface area contributed by atoms with Gasteiger partial charge >= 0.3 is 0 Å². The number of hydrogen-bond donors (Lipinski definition) is 4. The van der Waals surface area contributed by atoms with E-state index in [1.807, 2.05) is 0 Å². The van der Waals surface area contributed by atoms with Crippen molar-refractivity contribution in [1.29, 1.82) is 0 Å². The number of rotatable bonds is 4. The molecule has 1 aromatic heterocycles. The van der Waals surface area contributed by atoms with Crippen LogP contribution in [0.3, 0.4) is 0 Å². The molecule has 0 spiro atoms. The van der Waals surface area contributed by atoms with Crippen LogP contribution in [0.1, 0.15) is 16.9 Å². The van der Waals surface area contributed by atoms with Gasteiger partial charge in [-0.3, -0.25) is 14.9 Å². The number of thiocarbonyl (C=S) groups is 1. The zero-order chi connectivity index (χ0) is 13.0. The van der Waals surface area contributed by atoms with Crippen molar-refractivity contribution >= 4 is 29.1 Å². The van der Waals surface area contributed by atoms with Crippen molar-refractivity contribution in [2.24, 2.45) is 0 Å². The number of carbonyl (C=O) groups excluding carboxylic acids is 2. The van der Waals surface area contributed by atoms with Crippen LogP contribution < -0.4 is 16.0 Å². The third kappa shape index (κ3) is 2.95. The molecular formula is C11H12N4O2S. The average molecular weight is 264 g/mol. The summed E-state index contributed by atoms with van der Waals surface area (Å²) in [7, 11) is 0. The molecule has 7 heteroatoms. The lowest BCUT2D eigenvalue weighted by molar-refractivity contribution is -0.115. The Balaban J connectivity index is 1.76. The van der Waals surface area contributed by atoms with Gasteiger partial charge in [-0.15, -0.1) is 0 Å². The minimum absolute atomic E-state index is 0.169. The molecule has 2 amide bonds. The Bertz CT molecular complexity index is 507. The molecule has 0 aromatic carbocycles. The Labute approximate surface area is 109 Å². The van der Waals surface area contributed by atoms with Crippen molar-refractivity contribution in [3.8, 4) is 0 Å². The first-order valence-corrected chi connectivity index (χ1v) is 5.82. The summed E-state index contributed by atoms with van der Waals surface area (Å²) in [4.78, 5) is 25.6. The topological polar surface area (TPSA) is 86.0 Å². The first-order valence-electron chi connectivity index (χ1n) is 5.41. The van der Waals surface area contributed by atoms with Gasteiger partial charge in [0.05, 0.1) is 0 Å². The number of carbonyl (C=O) groups is 2. The van der Waals surface area contributed by atoms with Crippen LogP contribution in [-0.4, -0.2) is 28.5 Å². The van der Waals surface area contributed by atoms with Crippen LogP contribution in [-0.2, 0) is 4.79 Å². The SMILES string of the molecule is O=C1NC(=S)N/C1=C/CCNC(=O)c1ccc[nH]1. The summed E-state index contributed by atoms with van der Waals surface area (Å²) in [5.74, 6) is -0.409. The molecule has 2 heterocycles. The lowest BCUT2D eigenvalue weighted by Gasteiger charge is -2.01. The Kier molecular flexibility index (Phi) is 3.73. The van der Waals surface area contributed by atoms with E-state index in [-0.39, 0.29) is 11.8 Å². The summed E-state index contributed by atoms with van der Waals surface area (Å²) in [5.41, 5.74) is 0.940. The average Bonchev–Trinajstić information content (AvgIpc) is 2.94. The lowest BCUT2D eigenvalue weighted by Crippen LogP contribution is -2.24. The number of aromatic nitrogens is 1. The van der Waals surface area contributed by atoms with Gasteiger partial charge < -0.3 is 15.6 Å². The molecule has 4 N–H and O–H groups in total. The maximum atomic E-state index is 11.5. The molecular weight excluding hydrogens is 252 g/mol. The van der Waals surface area contributed by atoms with E-state index in [0.717, 1.165) is 0 Å². The van der Waals surface area contributed by atoms with Crippen molar-refractivity contribution in [2.75, 3.05) is 6.54 Å². The maximum Gasteiger partial charge on any atom is 0.273 e. The van der Waals surface area contributed by atoms with E-state index in [9.17, 15) is 9.59 Å². The molecule has 0 atom stereocenters. The van der Waals surface area contributed by atoms with Gasteiger partial charge in [0.1, 0.15) is 11.4 Å². The zero-order valence-corrected chi connectivity index (χ0v) is 10.3. The number of nitrogens with one attached hydrogen (secondary N) is 4. The van der Waals surface area contributed by atoms with Crippen molar-refractivity contribution < 1.29 is 9.59 Å². The summed E-state index contributed by atoms with van der Waals surface area (Å²) in [6.07, 6.45) is 3.93. The van der Waals surface area contributed by atoms with Crippen LogP contribution in [0.15, 0.2) is 30.1 Å². The maximum absolute atomic E-state index is 11.5. The number of H-pyrrole nitrogens is 1. The predicted octanol–water partition coefficient (Wildman–Crippen LogP) is 0.0228. The lowest BCUT2D eigenvalue weighted by atomic mass is 10.3. The van der Waals surface area contributed by atoms with Gasteiger partial charge in [0.2, 0.25) is 0 Å². The number of aromatic amines is 1. The molecule has 0 saturated carbocycles. The Morgan fingerprint density at radius 3 is 2.89 bits per heavy atom. The van der Waals surface area contributed by atoms with Gasteiger partial charge in [-0.2, -0.15) is 0 Å². The van der Waals surface area contributed by atoms with Crippen LogP contribution in [0.25, 0.3) is 0 Å². The van der Waals surface area contributed by atoms with Gasteiger partial charge in [0.25, 0.3) is 11.8 Å². The molecule has 1 aliphatic rings. The standard InChI is InChI=1S/C11H12N4O2S/c16-9(7-3-1-5-12-7)13-6-2-4-8-10(17)15-11(18)14-8/h1,3-5,12H,2,6H2,(H,13,16)(H2,14,15,17,18)/b8-4+. The summed E-state index contributed by atoms with van der Waals surface area (Å²) in [6, 6.07) is 3.45.